The largest absolute Gasteiger partial charge is 0.383 e. The normalized spacial score (nSPS) is 10.2. The van der Waals surface area contributed by atoms with Crippen molar-refractivity contribution >= 4 is 40.8 Å². The summed E-state index contributed by atoms with van der Waals surface area (Å²) in [6, 6.07) is 18.3. The molecule has 0 bridgehead atoms. The predicted octanol–water partition coefficient (Wildman–Crippen LogP) is 5.53. The highest BCUT2D eigenvalue weighted by atomic mass is 35.5. The number of hydrogen-bond donors (Lipinski definition) is 1. The number of benzene rings is 2. The van der Waals surface area contributed by atoms with Crippen LogP contribution in [0.25, 0.3) is 11.1 Å². The fraction of sp³-hybridized carbons (Fsp3) is 0. The molecule has 4 nitrogen and oxygen atoms in total. The third kappa shape index (κ3) is 3.61. The minimum atomic E-state index is 0.0704. The van der Waals surface area contributed by atoms with Crippen molar-refractivity contribution in [2.75, 3.05) is 5.73 Å². The van der Waals surface area contributed by atoms with Crippen LogP contribution < -0.4 is 5.73 Å². The van der Waals surface area contributed by atoms with E-state index in [2.05, 4.69) is 11.1 Å². The van der Waals surface area contributed by atoms with Gasteiger partial charge in [0, 0.05) is 20.5 Å². The number of nitrogens with two attached hydrogens (primary N) is 1. The third-order valence-electron chi connectivity index (χ3n) is 3.56. The number of anilines is 1. The highest BCUT2D eigenvalue weighted by Gasteiger charge is 2.20. The van der Waals surface area contributed by atoms with Crippen LogP contribution >= 0.6 is 35.0 Å². The van der Waals surface area contributed by atoms with Crippen LogP contribution in [0.4, 0.5) is 5.82 Å². The Labute approximate surface area is 164 Å². The van der Waals surface area contributed by atoms with Gasteiger partial charge in [0.1, 0.15) is 28.5 Å². The molecule has 0 aliphatic heterocycles. The number of aromatic nitrogens is 1. The molecule has 1 aromatic heterocycles. The Hall–Kier alpha value is -2.70. The van der Waals surface area contributed by atoms with Gasteiger partial charge in [0.05, 0.1) is 5.56 Å². The van der Waals surface area contributed by atoms with Gasteiger partial charge in [-0.1, -0.05) is 53.2 Å². The standard InChI is InChI=1S/C19H10Cl2N4S/c20-12-6-4-11(5-7-12)17-15(9-22)18(24)25-19(16(17)10-23)26-14-3-1-2-13(21)8-14/h1-8H,(H2,24,25). The summed E-state index contributed by atoms with van der Waals surface area (Å²) in [6.07, 6.45) is 0. The highest BCUT2D eigenvalue weighted by Crippen LogP contribution is 2.38. The van der Waals surface area contributed by atoms with Crippen molar-refractivity contribution in [3.8, 4) is 23.3 Å². The molecule has 3 rings (SSSR count). The van der Waals surface area contributed by atoms with Crippen molar-refractivity contribution in [1.82, 2.24) is 4.98 Å². The zero-order valence-electron chi connectivity index (χ0n) is 13.2. The van der Waals surface area contributed by atoms with Crippen molar-refractivity contribution in [3.05, 3.63) is 69.7 Å². The first kappa shape index (κ1) is 18.1. The first-order chi connectivity index (χ1) is 12.5. The molecule has 3 aromatic rings. The lowest BCUT2D eigenvalue weighted by Gasteiger charge is -2.13. The zero-order valence-corrected chi connectivity index (χ0v) is 15.5. The Bertz CT molecular complexity index is 1070. The fourth-order valence-electron chi connectivity index (χ4n) is 2.42. The Morgan fingerprint density at radius 2 is 1.62 bits per heavy atom. The van der Waals surface area contributed by atoms with E-state index in [1.807, 2.05) is 18.2 Å². The molecule has 26 heavy (non-hydrogen) atoms. The van der Waals surface area contributed by atoms with E-state index in [4.69, 9.17) is 28.9 Å². The third-order valence-corrected chi connectivity index (χ3v) is 5.02. The number of rotatable bonds is 3. The lowest BCUT2D eigenvalue weighted by molar-refractivity contribution is 1.11. The number of nitrogens with zero attached hydrogens (tertiary/aromatic N) is 3. The molecule has 7 heteroatoms. The van der Waals surface area contributed by atoms with Gasteiger partial charge in [-0.05, 0) is 35.9 Å². The van der Waals surface area contributed by atoms with Gasteiger partial charge in [-0.25, -0.2) is 4.98 Å². The topological polar surface area (TPSA) is 86.5 Å². The molecule has 0 saturated carbocycles. The van der Waals surface area contributed by atoms with Gasteiger partial charge in [0.25, 0.3) is 0 Å². The molecule has 0 aliphatic carbocycles. The van der Waals surface area contributed by atoms with Gasteiger partial charge in [-0.3, -0.25) is 0 Å². The van der Waals surface area contributed by atoms with Gasteiger partial charge in [0.15, 0.2) is 0 Å². The minimum absolute atomic E-state index is 0.0704. The molecule has 0 unspecified atom stereocenters. The van der Waals surface area contributed by atoms with Gasteiger partial charge in [-0.15, -0.1) is 0 Å². The first-order valence-electron chi connectivity index (χ1n) is 7.36. The van der Waals surface area contributed by atoms with E-state index in [0.717, 1.165) is 4.90 Å². The molecule has 0 amide bonds. The van der Waals surface area contributed by atoms with Crippen LogP contribution in [0.15, 0.2) is 58.5 Å². The molecule has 0 saturated heterocycles. The van der Waals surface area contributed by atoms with Crippen LogP contribution in [0, 0.1) is 22.7 Å². The van der Waals surface area contributed by atoms with E-state index < -0.39 is 0 Å². The van der Waals surface area contributed by atoms with Crippen molar-refractivity contribution in [3.63, 3.8) is 0 Å². The lowest BCUT2D eigenvalue weighted by atomic mass is 9.97. The van der Waals surface area contributed by atoms with E-state index in [1.165, 1.54) is 11.8 Å². The summed E-state index contributed by atoms with van der Waals surface area (Å²) in [5, 5.41) is 20.8. The van der Waals surface area contributed by atoms with Crippen molar-refractivity contribution in [2.45, 2.75) is 9.92 Å². The quantitative estimate of drug-likeness (QED) is 0.628. The second-order valence-electron chi connectivity index (χ2n) is 5.22. The zero-order chi connectivity index (χ0) is 18.7. The van der Waals surface area contributed by atoms with Crippen LogP contribution in [-0.2, 0) is 0 Å². The fourth-order valence-corrected chi connectivity index (χ4v) is 3.75. The van der Waals surface area contributed by atoms with Crippen molar-refractivity contribution in [1.29, 1.82) is 10.5 Å². The predicted molar refractivity (Wildman–Crippen MR) is 104 cm³/mol. The summed E-state index contributed by atoms with van der Waals surface area (Å²) in [6.45, 7) is 0. The van der Waals surface area contributed by atoms with Crippen molar-refractivity contribution in [2.24, 2.45) is 0 Å². The number of nitrogen functional groups attached to an aromatic ring is 1. The monoisotopic (exact) mass is 396 g/mol. The maximum absolute atomic E-state index is 9.75. The van der Waals surface area contributed by atoms with Crippen LogP contribution in [0.1, 0.15) is 11.1 Å². The number of nitriles is 2. The number of halogens is 2. The summed E-state index contributed by atoms with van der Waals surface area (Å²) in [5.41, 5.74) is 7.56. The Morgan fingerprint density at radius 3 is 2.23 bits per heavy atom. The van der Waals surface area contributed by atoms with E-state index in [9.17, 15) is 10.5 Å². The molecule has 2 aromatic carbocycles. The van der Waals surface area contributed by atoms with Crippen LogP contribution in [-0.4, -0.2) is 4.98 Å². The van der Waals surface area contributed by atoms with Crippen LogP contribution in [0.3, 0.4) is 0 Å². The molecule has 0 fully saturated rings. The Balaban J connectivity index is 2.23. The highest BCUT2D eigenvalue weighted by molar-refractivity contribution is 7.99. The number of hydrogen-bond acceptors (Lipinski definition) is 5. The SMILES string of the molecule is N#Cc1c(N)nc(Sc2cccc(Cl)c2)c(C#N)c1-c1ccc(Cl)cc1. The molecule has 0 aliphatic rings. The van der Waals surface area contributed by atoms with Gasteiger partial charge in [0.2, 0.25) is 0 Å². The Kier molecular flexibility index (Phi) is 5.35. The summed E-state index contributed by atoms with van der Waals surface area (Å²) in [5.74, 6) is 0.0704. The van der Waals surface area contributed by atoms with Crippen LogP contribution in [0.2, 0.25) is 10.0 Å². The molecule has 2 N–H and O–H groups in total. The summed E-state index contributed by atoms with van der Waals surface area (Å²) < 4.78 is 0. The van der Waals surface area contributed by atoms with Gasteiger partial charge in [-0.2, -0.15) is 10.5 Å². The smallest absolute Gasteiger partial charge is 0.143 e. The van der Waals surface area contributed by atoms with E-state index in [0.29, 0.717) is 26.2 Å². The Morgan fingerprint density at radius 1 is 0.923 bits per heavy atom. The second-order valence-corrected chi connectivity index (χ2v) is 7.15. The molecular weight excluding hydrogens is 387 g/mol. The van der Waals surface area contributed by atoms with Gasteiger partial charge >= 0.3 is 0 Å². The molecule has 0 spiro atoms. The molecule has 0 radical (unpaired) electrons. The summed E-state index contributed by atoms with van der Waals surface area (Å²) >= 11 is 13.2. The minimum Gasteiger partial charge on any atom is -0.383 e. The summed E-state index contributed by atoms with van der Waals surface area (Å²) in [7, 11) is 0. The maximum atomic E-state index is 9.75. The van der Waals surface area contributed by atoms with Crippen LogP contribution in [0.5, 0.6) is 0 Å². The second kappa shape index (κ2) is 7.68. The van der Waals surface area contributed by atoms with E-state index in [-0.39, 0.29) is 16.9 Å². The molecule has 1 heterocycles. The van der Waals surface area contributed by atoms with Crippen molar-refractivity contribution < 1.29 is 0 Å². The average Bonchev–Trinajstić information content (AvgIpc) is 2.62. The van der Waals surface area contributed by atoms with Gasteiger partial charge < -0.3 is 5.73 Å². The molecule has 126 valence electrons. The molecule has 0 atom stereocenters. The van der Waals surface area contributed by atoms with E-state index in [1.54, 1.807) is 36.4 Å². The molecular formula is C19H10Cl2N4S. The maximum Gasteiger partial charge on any atom is 0.143 e. The average molecular weight is 397 g/mol. The van der Waals surface area contributed by atoms with E-state index >= 15 is 0 Å². The summed E-state index contributed by atoms with van der Waals surface area (Å²) in [4.78, 5) is 5.08. The lowest BCUT2D eigenvalue weighted by Crippen LogP contribution is -2.03. The first-order valence-corrected chi connectivity index (χ1v) is 8.93. The number of pyridine rings is 1.